The lowest BCUT2D eigenvalue weighted by Gasteiger charge is -2.48. The minimum Gasteiger partial charge on any atom is -0.393 e. The van der Waals surface area contributed by atoms with Crippen molar-refractivity contribution >= 4 is 22.7 Å². The maximum atomic E-state index is 13.7. The SMILES string of the molecule is O=C(c1ccc2ccccc2n1)N1CCCC12CCCN(C1CCC(O)CC1)C2=O. The van der Waals surface area contributed by atoms with E-state index in [4.69, 9.17) is 0 Å². The number of aliphatic hydroxyl groups excluding tert-OH is 1. The molecule has 1 saturated carbocycles. The fraction of sp³-hybridized carbons (Fsp3) is 0.542. The first-order chi connectivity index (χ1) is 14.6. The van der Waals surface area contributed by atoms with Gasteiger partial charge in [0.05, 0.1) is 11.6 Å². The van der Waals surface area contributed by atoms with E-state index in [9.17, 15) is 14.7 Å². The number of benzene rings is 1. The number of likely N-dealkylation sites (tertiary alicyclic amines) is 2. The molecule has 1 spiro atoms. The quantitative estimate of drug-likeness (QED) is 0.830. The number of carbonyl (C=O) groups is 2. The van der Waals surface area contributed by atoms with Gasteiger partial charge < -0.3 is 14.9 Å². The molecule has 2 aliphatic heterocycles. The summed E-state index contributed by atoms with van der Waals surface area (Å²) in [5.74, 6) is -0.0192. The van der Waals surface area contributed by atoms with E-state index in [0.29, 0.717) is 12.2 Å². The fourth-order valence-electron chi connectivity index (χ4n) is 5.72. The van der Waals surface area contributed by atoms with E-state index in [1.807, 2.05) is 40.1 Å². The summed E-state index contributed by atoms with van der Waals surface area (Å²) in [6.45, 7) is 1.37. The Morgan fingerprint density at radius 3 is 2.53 bits per heavy atom. The maximum Gasteiger partial charge on any atom is 0.273 e. The number of aromatic nitrogens is 1. The first kappa shape index (κ1) is 19.5. The molecule has 2 amide bonds. The highest BCUT2D eigenvalue weighted by molar-refractivity contribution is 6.00. The Bertz CT molecular complexity index is 969. The standard InChI is InChI=1S/C24H29N3O3/c28-19-10-8-18(9-11-19)26-15-3-13-24(23(26)30)14-4-16-27(24)22(29)21-12-7-17-5-1-2-6-20(17)25-21/h1-2,5-7,12,18-19,28H,3-4,8-11,13-16H2. The van der Waals surface area contributed by atoms with Crippen molar-refractivity contribution in [2.45, 2.75) is 69.1 Å². The average Bonchev–Trinajstić information content (AvgIpc) is 3.20. The van der Waals surface area contributed by atoms with Crippen molar-refractivity contribution < 1.29 is 14.7 Å². The van der Waals surface area contributed by atoms with Crippen LogP contribution in [0.5, 0.6) is 0 Å². The third kappa shape index (κ3) is 3.18. The number of nitrogens with zero attached hydrogens (tertiary/aromatic N) is 3. The van der Waals surface area contributed by atoms with Crippen molar-refractivity contribution in [3.8, 4) is 0 Å². The molecule has 0 bridgehead atoms. The van der Waals surface area contributed by atoms with Crippen LogP contribution in [-0.2, 0) is 4.79 Å². The van der Waals surface area contributed by atoms with Crippen molar-refractivity contribution in [3.63, 3.8) is 0 Å². The molecule has 6 nitrogen and oxygen atoms in total. The molecule has 1 aromatic carbocycles. The number of fused-ring (bicyclic) bond motifs is 1. The number of hydrogen-bond acceptors (Lipinski definition) is 4. The number of hydrogen-bond donors (Lipinski definition) is 1. The Labute approximate surface area is 176 Å². The molecule has 1 atom stereocenters. The predicted octanol–water partition coefficient (Wildman–Crippen LogP) is 3.14. The maximum absolute atomic E-state index is 13.7. The Morgan fingerprint density at radius 2 is 1.73 bits per heavy atom. The summed E-state index contributed by atoms with van der Waals surface area (Å²) in [4.78, 5) is 35.7. The van der Waals surface area contributed by atoms with Gasteiger partial charge in [-0.05, 0) is 63.5 Å². The van der Waals surface area contributed by atoms with Gasteiger partial charge in [0.25, 0.3) is 5.91 Å². The largest absolute Gasteiger partial charge is 0.393 e. The van der Waals surface area contributed by atoms with Gasteiger partial charge in [0.15, 0.2) is 0 Å². The van der Waals surface area contributed by atoms with Crippen LogP contribution in [-0.4, -0.2) is 62.5 Å². The van der Waals surface area contributed by atoms with E-state index in [1.165, 1.54) is 0 Å². The van der Waals surface area contributed by atoms with Crippen LogP contribution in [0.2, 0.25) is 0 Å². The van der Waals surface area contributed by atoms with Gasteiger partial charge >= 0.3 is 0 Å². The number of pyridine rings is 1. The highest BCUT2D eigenvalue weighted by Crippen LogP contribution is 2.41. The van der Waals surface area contributed by atoms with Crippen LogP contribution in [0.4, 0.5) is 0 Å². The summed E-state index contributed by atoms with van der Waals surface area (Å²) < 4.78 is 0. The van der Waals surface area contributed by atoms with E-state index < -0.39 is 5.54 Å². The Kier molecular flexibility index (Phi) is 4.97. The van der Waals surface area contributed by atoms with Crippen LogP contribution in [0, 0.1) is 0 Å². The lowest BCUT2D eigenvalue weighted by molar-refractivity contribution is -0.149. The molecule has 158 valence electrons. The molecule has 1 N–H and O–H groups in total. The summed E-state index contributed by atoms with van der Waals surface area (Å²) in [5.41, 5.74) is 0.494. The molecular formula is C24H29N3O3. The van der Waals surface area contributed by atoms with E-state index in [1.54, 1.807) is 6.07 Å². The Hall–Kier alpha value is -2.47. The molecule has 1 unspecified atom stereocenters. The number of aliphatic hydroxyl groups is 1. The molecule has 1 aromatic heterocycles. The molecule has 2 aromatic rings. The van der Waals surface area contributed by atoms with Gasteiger partial charge in [-0.15, -0.1) is 0 Å². The number of amides is 2. The zero-order valence-electron chi connectivity index (χ0n) is 17.3. The molecule has 2 saturated heterocycles. The fourth-order valence-corrected chi connectivity index (χ4v) is 5.72. The summed E-state index contributed by atoms with van der Waals surface area (Å²) in [5, 5.41) is 10.9. The normalized spacial score (nSPS) is 29.7. The average molecular weight is 408 g/mol. The van der Waals surface area contributed by atoms with Crippen LogP contribution in [0.1, 0.15) is 61.9 Å². The molecule has 0 radical (unpaired) electrons. The second-order valence-electron chi connectivity index (χ2n) is 9.05. The summed E-state index contributed by atoms with van der Waals surface area (Å²) in [7, 11) is 0. The molecule has 1 aliphatic carbocycles. The van der Waals surface area contributed by atoms with Gasteiger partial charge in [0, 0.05) is 24.5 Å². The van der Waals surface area contributed by atoms with Gasteiger partial charge in [0.1, 0.15) is 11.2 Å². The summed E-state index contributed by atoms with van der Waals surface area (Å²) >= 11 is 0. The van der Waals surface area contributed by atoms with Crippen molar-refractivity contribution in [2.24, 2.45) is 0 Å². The number of carbonyl (C=O) groups excluding carboxylic acids is 2. The van der Waals surface area contributed by atoms with Crippen LogP contribution in [0.15, 0.2) is 36.4 Å². The van der Waals surface area contributed by atoms with Crippen LogP contribution >= 0.6 is 0 Å². The highest BCUT2D eigenvalue weighted by atomic mass is 16.3. The third-order valence-corrected chi connectivity index (χ3v) is 7.31. The summed E-state index contributed by atoms with van der Waals surface area (Å²) in [6.07, 6.45) is 6.21. The third-order valence-electron chi connectivity index (χ3n) is 7.31. The topological polar surface area (TPSA) is 73.7 Å². The zero-order chi connectivity index (χ0) is 20.7. The Morgan fingerprint density at radius 1 is 1.00 bits per heavy atom. The molecule has 3 fully saturated rings. The number of para-hydroxylation sites is 1. The van der Waals surface area contributed by atoms with E-state index >= 15 is 0 Å². The van der Waals surface area contributed by atoms with E-state index in [0.717, 1.165) is 68.8 Å². The molecule has 5 rings (SSSR count). The smallest absolute Gasteiger partial charge is 0.273 e. The van der Waals surface area contributed by atoms with Crippen LogP contribution in [0.3, 0.4) is 0 Å². The zero-order valence-corrected chi connectivity index (χ0v) is 17.3. The van der Waals surface area contributed by atoms with E-state index in [2.05, 4.69) is 4.98 Å². The van der Waals surface area contributed by atoms with Gasteiger partial charge in [-0.1, -0.05) is 24.3 Å². The molecular weight excluding hydrogens is 378 g/mol. The second-order valence-corrected chi connectivity index (χ2v) is 9.05. The minimum atomic E-state index is -0.723. The molecule has 30 heavy (non-hydrogen) atoms. The van der Waals surface area contributed by atoms with Crippen molar-refractivity contribution in [1.82, 2.24) is 14.8 Å². The molecule has 3 heterocycles. The van der Waals surface area contributed by atoms with Gasteiger partial charge in [-0.25, -0.2) is 4.98 Å². The molecule has 6 heteroatoms. The van der Waals surface area contributed by atoms with Gasteiger partial charge in [-0.2, -0.15) is 0 Å². The summed E-state index contributed by atoms with van der Waals surface area (Å²) in [6, 6.07) is 11.7. The minimum absolute atomic E-state index is 0.113. The van der Waals surface area contributed by atoms with Crippen molar-refractivity contribution in [3.05, 3.63) is 42.1 Å². The Balaban J connectivity index is 1.42. The first-order valence-corrected chi connectivity index (χ1v) is 11.3. The molecule has 3 aliphatic rings. The van der Waals surface area contributed by atoms with Crippen LogP contribution < -0.4 is 0 Å². The predicted molar refractivity (Wildman–Crippen MR) is 114 cm³/mol. The van der Waals surface area contributed by atoms with Crippen molar-refractivity contribution in [2.75, 3.05) is 13.1 Å². The first-order valence-electron chi connectivity index (χ1n) is 11.3. The van der Waals surface area contributed by atoms with Gasteiger partial charge in [0.2, 0.25) is 5.91 Å². The number of rotatable bonds is 2. The van der Waals surface area contributed by atoms with Gasteiger partial charge in [-0.3, -0.25) is 9.59 Å². The second kappa shape index (κ2) is 7.65. The van der Waals surface area contributed by atoms with E-state index in [-0.39, 0.29) is 24.0 Å². The van der Waals surface area contributed by atoms with Crippen molar-refractivity contribution in [1.29, 1.82) is 0 Å². The van der Waals surface area contributed by atoms with Crippen LogP contribution in [0.25, 0.3) is 10.9 Å². The lowest BCUT2D eigenvalue weighted by Crippen LogP contribution is -2.63. The lowest BCUT2D eigenvalue weighted by atomic mass is 9.82. The highest BCUT2D eigenvalue weighted by Gasteiger charge is 2.54. The number of piperidine rings is 1. The monoisotopic (exact) mass is 407 g/mol.